The fourth-order valence-electron chi connectivity index (χ4n) is 2.91. The Morgan fingerprint density at radius 3 is 2.83 bits per heavy atom. The molecule has 2 aromatic rings. The third kappa shape index (κ3) is 3.21. The molecule has 24 heavy (non-hydrogen) atoms. The summed E-state index contributed by atoms with van der Waals surface area (Å²) in [5.41, 5.74) is 0.656. The summed E-state index contributed by atoms with van der Waals surface area (Å²) in [7, 11) is 1.78. The number of carbonyl (C=O) groups is 1. The second-order valence-electron chi connectivity index (χ2n) is 5.69. The van der Waals surface area contributed by atoms with Crippen molar-refractivity contribution in [3.05, 3.63) is 42.0 Å². The number of hydrogen-bond acceptors (Lipinski definition) is 5. The quantitative estimate of drug-likeness (QED) is 0.871. The summed E-state index contributed by atoms with van der Waals surface area (Å²) in [5, 5.41) is 9.72. The van der Waals surface area contributed by atoms with Gasteiger partial charge in [0.1, 0.15) is 25.1 Å². The minimum absolute atomic E-state index is 0.437. The predicted octanol–water partition coefficient (Wildman–Crippen LogP) is 1.93. The standard InChI is InChI=1S/C17H21N3O4/c1-3-20-7-6-18-15(20)11-19(2)16(17(21)22)12-4-5-13-14(10-12)24-9-8-23-13/h4-7,10,16H,3,8-9,11H2,1-2H3,(H,21,22)/t16-/m1/s1. The summed E-state index contributed by atoms with van der Waals surface area (Å²) in [6.07, 6.45) is 3.62. The van der Waals surface area contributed by atoms with E-state index in [-0.39, 0.29) is 0 Å². The molecule has 7 nitrogen and oxygen atoms in total. The first-order chi connectivity index (χ1) is 11.6. The number of aromatic nitrogens is 2. The summed E-state index contributed by atoms with van der Waals surface area (Å²) >= 11 is 0. The number of likely N-dealkylation sites (N-methyl/N-ethyl adjacent to an activating group) is 1. The Kier molecular flexibility index (Phi) is 4.71. The van der Waals surface area contributed by atoms with E-state index in [1.54, 1.807) is 36.3 Å². The fraction of sp³-hybridized carbons (Fsp3) is 0.412. The summed E-state index contributed by atoms with van der Waals surface area (Å²) in [5.74, 6) is 1.17. The number of aliphatic carboxylic acids is 1. The Balaban J connectivity index is 1.85. The Bertz CT molecular complexity index is 728. The number of aryl methyl sites for hydroxylation is 1. The zero-order valence-electron chi connectivity index (χ0n) is 13.8. The van der Waals surface area contributed by atoms with Gasteiger partial charge in [0.2, 0.25) is 0 Å². The molecule has 1 aromatic heterocycles. The zero-order valence-corrected chi connectivity index (χ0v) is 13.8. The Labute approximate surface area is 140 Å². The van der Waals surface area contributed by atoms with Gasteiger partial charge in [0.05, 0.1) is 6.54 Å². The van der Waals surface area contributed by atoms with Crippen molar-refractivity contribution in [1.82, 2.24) is 14.5 Å². The lowest BCUT2D eigenvalue weighted by Crippen LogP contribution is -2.31. The van der Waals surface area contributed by atoms with Crippen LogP contribution in [0, 0.1) is 0 Å². The molecular weight excluding hydrogens is 310 g/mol. The van der Waals surface area contributed by atoms with Gasteiger partial charge in [0, 0.05) is 18.9 Å². The second-order valence-corrected chi connectivity index (χ2v) is 5.69. The van der Waals surface area contributed by atoms with Crippen LogP contribution in [-0.4, -0.2) is 45.8 Å². The number of hydrogen-bond donors (Lipinski definition) is 1. The normalized spacial score (nSPS) is 14.6. The molecule has 0 radical (unpaired) electrons. The molecule has 7 heteroatoms. The predicted molar refractivity (Wildman–Crippen MR) is 87.2 cm³/mol. The van der Waals surface area contributed by atoms with E-state index in [0.29, 0.717) is 36.8 Å². The average molecular weight is 331 g/mol. The molecular formula is C17H21N3O4. The van der Waals surface area contributed by atoms with E-state index in [0.717, 1.165) is 12.4 Å². The number of benzene rings is 1. The van der Waals surface area contributed by atoms with Gasteiger partial charge < -0.3 is 19.1 Å². The lowest BCUT2D eigenvalue weighted by atomic mass is 10.0. The first-order valence-corrected chi connectivity index (χ1v) is 7.92. The highest BCUT2D eigenvalue weighted by atomic mass is 16.6. The molecule has 128 valence electrons. The molecule has 1 N–H and O–H groups in total. The van der Waals surface area contributed by atoms with Crippen molar-refractivity contribution in [3.63, 3.8) is 0 Å². The van der Waals surface area contributed by atoms with Gasteiger partial charge in [0.25, 0.3) is 0 Å². The lowest BCUT2D eigenvalue weighted by Gasteiger charge is -2.26. The third-order valence-electron chi connectivity index (χ3n) is 4.09. The van der Waals surface area contributed by atoms with E-state index in [4.69, 9.17) is 9.47 Å². The highest BCUT2D eigenvalue weighted by Crippen LogP contribution is 2.34. The molecule has 0 saturated carbocycles. The maximum atomic E-state index is 11.9. The monoisotopic (exact) mass is 331 g/mol. The van der Waals surface area contributed by atoms with Crippen LogP contribution < -0.4 is 9.47 Å². The number of fused-ring (bicyclic) bond motifs is 1. The van der Waals surface area contributed by atoms with E-state index in [1.165, 1.54) is 0 Å². The van der Waals surface area contributed by atoms with Crippen molar-refractivity contribution < 1.29 is 19.4 Å². The van der Waals surface area contributed by atoms with Crippen LogP contribution in [0.15, 0.2) is 30.6 Å². The van der Waals surface area contributed by atoms with Gasteiger partial charge in [-0.25, -0.2) is 4.98 Å². The number of carboxylic acids is 1. The highest BCUT2D eigenvalue weighted by molar-refractivity contribution is 5.76. The van der Waals surface area contributed by atoms with Crippen molar-refractivity contribution in [2.24, 2.45) is 0 Å². The van der Waals surface area contributed by atoms with Gasteiger partial charge in [0.15, 0.2) is 11.5 Å². The minimum atomic E-state index is -0.913. The molecule has 0 amide bonds. The van der Waals surface area contributed by atoms with E-state index in [1.807, 2.05) is 17.7 Å². The first kappa shape index (κ1) is 16.3. The van der Waals surface area contributed by atoms with Crippen LogP contribution in [0.4, 0.5) is 0 Å². The topological polar surface area (TPSA) is 76.8 Å². The molecule has 1 aliphatic rings. The number of ether oxygens (including phenoxy) is 2. The minimum Gasteiger partial charge on any atom is -0.486 e. The molecule has 0 aliphatic carbocycles. The van der Waals surface area contributed by atoms with Gasteiger partial charge in [-0.3, -0.25) is 9.69 Å². The van der Waals surface area contributed by atoms with Crippen LogP contribution in [0.1, 0.15) is 24.4 Å². The van der Waals surface area contributed by atoms with Crippen molar-refractivity contribution in [1.29, 1.82) is 0 Å². The largest absolute Gasteiger partial charge is 0.486 e. The van der Waals surface area contributed by atoms with Crippen molar-refractivity contribution in [2.75, 3.05) is 20.3 Å². The zero-order chi connectivity index (χ0) is 17.1. The molecule has 1 aliphatic heterocycles. The van der Waals surface area contributed by atoms with Crippen molar-refractivity contribution in [3.8, 4) is 11.5 Å². The van der Waals surface area contributed by atoms with Crippen LogP contribution in [0.2, 0.25) is 0 Å². The summed E-state index contributed by atoms with van der Waals surface area (Å²) < 4.78 is 13.1. The lowest BCUT2D eigenvalue weighted by molar-refractivity contribution is -0.143. The van der Waals surface area contributed by atoms with Crippen molar-refractivity contribution in [2.45, 2.75) is 26.1 Å². The fourth-order valence-corrected chi connectivity index (χ4v) is 2.91. The first-order valence-electron chi connectivity index (χ1n) is 7.92. The summed E-state index contributed by atoms with van der Waals surface area (Å²) in [6, 6.07) is 4.49. The molecule has 3 rings (SSSR count). The van der Waals surface area contributed by atoms with Gasteiger partial charge in [-0.15, -0.1) is 0 Å². The van der Waals surface area contributed by atoms with E-state index < -0.39 is 12.0 Å². The van der Waals surface area contributed by atoms with E-state index >= 15 is 0 Å². The molecule has 1 aromatic carbocycles. The second kappa shape index (κ2) is 6.92. The van der Waals surface area contributed by atoms with Gasteiger partial charge >= 0.3 is 5.97 Å². The van der Waals surface area contributed by atoms with Crippen LogP contribution in [0.5, 0.6) is 11.5 Å². The molecule has 0 spiro atoms. The number of imidazole rings is 1. The Morgan fingerprint density at radius 2 is 2.12 bits per heavy atom. The number of carboxylic acid groups (broad SMARTS) is 1. The van der Waals surface area contributed by atoms with Crippen LogP contribution >= 0.6 is 0 Å². The van der Waals surface area contributed by atoms with Crippen LogP contribution in [0.25, 0.3) is 0 Å². The molecule has 2 heterocycles. The molecule has 1 atom stereocenters. The molecule has 0 saturated heterocycles. The smallest absolute Gasteiger partial charge is 0.325 e. The van der Waals surface area contributed by atoms with Crippen molar-refractivity contribution >= 4 is 5.97 Å². The van der Waals surface area contributed by atoms with Gasteiger partial charge in [-0.2, -0.15) is 0 Å². The number of nitrogens with zero attached hydrogens (tertiary/aromatic N) is 3. The maximum Gasteiger partial charge on any atom is 0.325 e. The average Bonchev–Trinajstić information content (AvgIpc) is 3.01. The third-order valence-corrected chi connectivity index (χ3v) is 4.09. The molecule has 0 bridgehead atoms. The summed E-state index contributed by atoms with van der Waals surface area (Å²) in [4.78, 5) is 17.9. The Hall–Kier alpha value is -2.54. The Morgan fingerprint density at radius 1 is 1.38 bits per heavy atom. The van der Waals surface area contributed by atoms with Crippen LogP contribution in [-0.2, 0) is 17.9 Å². The van der Waals surface area contributed by atoms with Gasteiger partial charge in [-0.1, -0.05) is 6.07 Å². The molecule has 0 unspecified atom stereocenters. The molecule has 0 fully saturated rings. The SMILES string of the molecule is CCn1ccnc1CN(C)[C@@H](C(=O)O)c1ccc2c(c1)OCCO2. The number of rotatable bonds is 6. The van der Waals surface area contributed by atoms with Gasteiger partial charge in [-0.05, 0) is 31.7 Å². The summed E-state index contributed by atoms with van der Waals surface area (Å²) in [6.45, 7) is 4.24. The van der Waals surface area contributed by atoms with E-state index in [9.17, 15) is 9.90 Å². The highest BCUT2D eigenvalue weighted by Gasteiger charge is 2.27. The van der Waals surface area contributed by atoms with E-state index in [2.05, 4.69) is 4.98 Å². The van der Waals surface area contributed by atoms with Crippen LogP contribution in [0.3, 0.4) is 0 Å². The maximum absolute atomic E-state index is 11.9.